The van der Waals surface area contributed by atoms with Gasteiger partial charge in [0.2, 0.25) is 5.91 Å². The molecule has 1 amide bonds. The molecule has 1 N–H and O–H groups in total. The number of hydrogen-bond acceptors (Lipinski definition) is 5. The van der Waals surface area contributed by atoms with Gasteiger partial charge in [0.15, 0.2) is 11.5 Å². The van der Waals surface area contributed by atoms with Crippen molar-refractivity contribution in [3.05, 3.63) is 42.5 Å². The highest BCUT2D eigenvalue weighted by Crippen LogP contribution is 2.22. The second kappa shape index (κ2) is 6.74. The maximum absolute atomic E-state index is 12.2. The molecule has 0 radical (unpaired) electrons. The first kappa shape index (κ1) is 17.8. The van der Waals surface area contributed by atoms with Crippen molar-refractivity contribution in [1.82, 2.24) is 24.9 Å². The van der Waals surface area contributed by atoms with Crippen LogP contribution in [0.3, 0.4) is 0 Å². The average Bonchev–Trinajstić information content (AvgIpc) is 3.04. The molecule has 2 heterocycles. The Labute approximate surface area is 152 Å². The minimum atomic E-state index is -0.462. The molecule has 3 aromatic rings. The maximum Gasteiger partial charge on any atom is 0.225 e. The molecule has 0 fully saturated rings. The van der Waals surface area contributed by atoms with Crippen molar-refractivity contribution < 1.29 is 9.53 Å². The van der Waals surface area contributed by atoms with Crippen LogP contribution in [0.15, 0.2) is 36.7 Å². The molecule has 0 bridgehead atoms. The first-order valence-electron chi connectivity index (χ1n) is 8.45. The van der Waals surface area contributed by atoms with E-state index in [1.54, 1.807) is 18.0 Å². The molecule has 7 heteroatoms. The van der Waals surface area contributed by atoms with Gasteiger partial charge in [-0.15, -0.1) is 5.10 Å². The van der Waals surface area contributed by atoms with Gasteiger partial charge in [-0.2, -0.15) is 0 Å². The van der Waals surface area contributed by atoms with E-state index < -0.39 is 5.41 Å². The van der Waals surface area contributed by atoms with E-state index in [0.29, 0.717) is 11.5 Å². The molecule has 1 atom stereocenters. The molecule has 26 heavy (non-hydrogen) atoms. The third kappa shape index (κ3) is 3.66. The van der Waals surface area contributed by atoms with Crippen molar-refractivity contribution in [1.29, 1.82) is 0 Å². The highest BCUT2D eigenvalue weighted by Gasteiger charge is 2.24. The molecule has 1 aromatic carbocycles. The molecule has 7 nitrogen and oxygen atoms in total. The lowest BCUT2D eigenvalue weighted by molar-refractivity contribution is -0.129. The quantitative estimate of drug-likeness (QED) is 0.780. The summed E-state index contributed by atoms with van der Waals surface area (Å²) in [6.45, 7) is 7.49. The van der Waals surface area contributed by atoms with Gasteiger partial charge < -0.3 is 10.1 Å². The third-order valence-electron chi connectivity index (χ3n) is 4.05. The molecular weight excluding hydrogens is 330 g/mol. The van der Waals surface area contributed by atoms with E-state index >= 15 is 0 Å². The Hall–Kier alpha value is -2.96. The Morgan fingerprint density at radius 1 is 1.23 bits per heavy atom. The fraction of sp³-hybridized carbons (Fsp3) is 0.368. The summed E-state index contributed by atoms with van der Waals surface area (Å²) in [4.78, 5) is 21.1. The van der Waals surface area contributed by atoms with Gasteiger partial charge in [-0.25, -0.2) is 14.5 Å². The van der Waals surface area contributed by atoms with E-state index in [1.165, 1.54) is 0 Å². The number of hydrogen-bond donors (Lipinski definition) is 1. The SMILES string of the molecule is COc1ccc(-c2cc3nc([C@@H](C)NC(=O)C(C)(C)C)nn3cn2)cc1. The standard InChI is InChI=1S/C19H23N5O2/c1-12(21-18(25)19(2,3)4)17-22-16-10-15(20-11-24(16)23-17)13-6-8-14(26-5)9-7-13/h6-12H,1-5H3,(H,21,25)/t12-/m1/s1. The molecule has 0 saturated heterocycles. The molecule has 0 aliphatic carbocycles. The molecule has 0 spiro atoms. The number of ether oxygens (including phenoxy) is 1. The zero-order valence-electron chi connectivity index (χ0n) is 15.6. The maximum atomic E-state index is 12.2. The molecule has 3 rings (SSSR count). The first-order chi connectivity index (χ1) is 12.3. The summed E-state index contributed by atoms with van der Waals surface area (Å²) in [5.74, 6) is 1.31. The predicted octanol–water partition coefficient (Wildman–Crippen LogP) is 3.02. The first-order valence-corrected chi connectivity index (χ1v) is 8.45. The number of rotatable bonds is 4. The van der Waals surface area contributed by atoms with Crippen molar-refractivity contribution in [2.45, 2.75) is 33.7 Å². The fourth-order valence-electron chi connectivity index (χ4n) is 2.39. The van der Waals surface area contributed by atoms with Crippen LogP contribution in [0.25, 0.3) is 16.9 Å². The van der Waals surface area contributed by atoms with E-state index in [4.69, 9.17) is 4.74 Å². The van der Waals surface area contributed by atoms with Gasteiger partial charge >= 0.3 is 0 Å². The highest BCUT2D eigenvalue weighted by molar-refractivity contribution is 5.81. The number of benzene rings is 1. The van der Waals surface area contributed by atoms with Crippen LogP contribution in [-0.4, -0.2) is 32.6 Å². The summed E-state index contributed by atoms with van der Waals surface area (Å²) in [6.07, 6.45) is 1.63. The van der Waals surface area contributed by atoms with Crippen LogP contribution >= 0.6 is 0 Å². The Balaban J connectivity index is 1.86. The Morgan fingerprint density at radius 2 is 1.92 bits per heavy atom. The van der Waals surface area contributed by atoms with Crippen LogP contribution < -0.4 is 10.1 Å². The van der Waals surface area contributed by atoms with Crippen LogP contribution in [0.2, 0.25) is 0 Å². The summed E-state index contributed by atoms with van der Waals surface area (Å²) in [5, 5.41) is 7.36. The zero-order valence-corrected chi connectivity index (χ0v) is 15.6. The van der Waals surface area contributed by atoms with Gasteiger partial charge in [0.1, 0.15) is 12.1 Å². The molecule has 0 unspecified atom stereocenters. The van der Waals surface area contributed by atoms with Gasteiger partial charge in [0.25, 0.3) is 0 Å². The predicted molar refractivity (Wildman–Crippen MR) is 98.8 cm³/mol. The molecule has 2 aromatic heterocycles. The van der Waals surface area contributed by atoms with Gasteiger partial charge in [-0.3, -0.25) is 4.79 Å². The van der Waals surface area contributed by atoms with Crippen LogP contribution in [-0.2, 0) is 4.79 Å². The Morgan fingerprint density at radius 3 is 2.54 bits per heavy atom. The summed E-state index contributed by atoms with van der Waals surface area (Å²) >= 11 is 0. The highest BCUT2D eigenvalue weighted by atomic mass is 16.5. The normalized spacial score (nSPS) is 12.8. The number of methoxy groups -OCH3 is 1. The van der Waals surface area contributed by atoms with Crippen LogP contribution in [0.5, 0.6) is 5.75 Å². The minimum Gasteiger partial charge on any atom is -0.497 e. The van der Waals surface area contributed by atoms with E-state index in [1.807, 2.05) is 58.0 Å². The number of nitrogens with zero attached hydrogens (tertiary/aromatic N) is 4. The van der Waals surface area contributed by atoms with Crippen LogP contribution in [0.1, 0.15) is 39.6 Å². The Kier molecular flexibility index (Phi) is 4.63. The number of nitrogens with one attached hydrogen (secondary N) is 1. The number of amides is 1. The second-order valence-electron chi connectivity index (χ2n) is 7.22. The third-order valence-corrected chi connectivity index (χ3v) is 4.05. The lowest BCUT2D eigenvalue weighted by Crippen LogP contribution is -2.36. The minimum absolute atomic E-state index is 0.0408. The topological polar surface area (TPSA) is 81.4 Å². The molecule has 136 valence electrons. The van der Waals surface area contributed by atoms with E-state index in [9.17, 15) is 4.79 Å². The van der Waals surface area contributed by atoms with Crippen molar-refractivity contribution in [2.75, 3.05) is 7.11 Å². The van der Waals surface area contributed by atoms with Gasteiger partial charge in [0, 0.05) is 17.0 Å². The fourth-order valence-corrected chi connectivity index (χ4v) is 2.39. The number of fused-ring (bicyclic) bond motifs is 1. The molecule has 0 saturated carbocycles. The smallest absolute Gasteiger partial charge is 0.225 e. The lowest BCUT2D eigenvalue weighted by Gasteiger charge is -2.20. The average molecular weight is 353 g/mol. The summed E-state index contributed by atoms with van der Waals surface area (Å²) in [5.41, 5.74) is 1.98. The monoisotopic (exact) mass is 353 g/mol. The lowest BCUT2D eigenvalue weighted by atomic mass is 9.95. The van der Waals surface area contributed by atoms with Crippen molar-refractivity contribution in [3.8, 4) is 17.0 Å². The summed E-state index contributed by atoms with van der Waals surface area (Å²) in [7, 11) is 1.64. The van der Waals surface area contributed by atoms with E-state index in [-0.39, 0.29) is 11.9 Å². The summed E-state index contributed by atoms with van der Waals surface area (Å²) in [6, 6.07) is 9.26. The Bertz CT molecular complexity index is 925. The van der Waals surface area contributed by atoms with E-state index in [2.05, 4.69) is 20.4 Å². The number of aromatic nitrogens is 4. The van der Waals surface area contributed by atoms with Gasteiger partial charge in [-0.1, -0.05) is 20.8 Å². The van der Waals surface area contributed by atoms with Crippen LogP contribution in [0, 0.1) is 5.41 Å². The number of carbonyl (C=O) groups is 1. The van der Waals surface area contributed by atoms with Crippen molar-refractivity contribution >= 4 is 11.6 Å². The molecule has 0 aliphatic heterocycles. The van der Waals surface area contributed by atoms with Gasteiger partial charge in [0.05, 0.1) is 18.8 Å². The summed E-state index contributed by atoms with van der Waals surface area (Å²) < 4.78 is 6.79. The van der Waals surface area contributed by atoms with Crippen molar-refractivity contribution in [3.63, 3.8) is 0 Å². The number of carbonyl (C=O) groups excluding carboxylic acids is 1. The van der Waals surface area contributed by atoms with Crippen molar-refractivity contribution in [2.24, 2.45) is 5.41 Å². The largest absolute Gasteiger partial charge is 0.497 e. The second-order valence-corrected chi connectivity index (χ2v) is 7.22. The molecule has 0 aliphatic rings. The van der Waals surface area contributed by atoms with Crippen LogP contribution in [0.4, 0.5) is 0 Å². The van der Waals surface area contributed by atoms with Gasteiger partial charge in [-0.05, 0) is 31.2 Å². The molecular formula is C19H23N5O2. The van der Waals surface area contributed by atoms with E-state index in [0.717, 1.165) is 17.0 Å². The zero-order chi connectivity index (χ0) is 18.9.